The highest BCUT2D eigenvalue weighted by atomic mass is 31.2. The molecule has 0 unspecified atom stereocenters. The molecule has 1 saturated heterocycles. The summed E-state index contributed by atoms with van der Waals surface area (Å²) in [5, 5.41) is 23.0. The molecule has 0 bridgehead atoms. The summed E-state index contributed by atoms with van der Waals surface area (Å²) < 4.78 is 22.0. The van der Waals surface area contributed by atoms with E-state index in [9.17, 15) is 19.6 Å². The van der Waals surface area contributed by atoms with Crippen molar-refractivity contribution in [1.82, 2.24) is 19.5 Å². The zero-order valence-electron chi connectivity index (χ0n) is 14.7. The van der Waals surface area contributed by atoms with Gasteiger partial charge < -0.3 is 30.1 Å². The maximum absolute atomic E-state index is 11.8. The van der Waals surface area contributed by atoms with E-state index in [1.807, 2.05) is 6.92 Å². The molecule has 4 atom stereocenters. The number of rotatable bonds is 7. The lowest BCUT2D eigenvalue weighted by atomic mass is 10.1. The Labute approximate surface area is 158 Å². The second-order valence-corrected chi connectivity index (χ2v) is 7.42. The van der Waals surface area contributed by atoms with E-state index in [0.717, 1.165) is 0 Å². The number of hydrogen-bond acceptors (Lipinski definition) is 9. The first-order valence-corrected chi connectivity index (χ1v) is 9.93. The summed E-state index contributed by atoms with van der Waals surface area (Å²) in [7, 11) is -4.76. The fourth-order valence-electron chi connectivity index (χ4n) is 2.82. The highest BCUT2D eigenvalue weighted by Crippen LogP contribution is 2.38. The van der Waals surface area contributed by atoms with Gasteiger partial charge in [-0.3, -0.25) is 13.9 Å². The highest BCUT2D eigenvalue weighted by molar-refractivity contribution is 7.46. The summed E-state index contributed by atoms with van der Waals surface area (Å²) in [4.78, 5) is 41.6. The van der Waals surface area contributed by atoms with Gasteiger partial charge in [0.15, 0.2) is 23.2 Å². The van der Waals surface area contributed by atoms with Gasteiger partial charge in [0.25, 0.3) is 0 Å². The van der Waals surface area contributed by atoms with Crippen LogP contribution in [0.2, 0.25) is 0 Å². The van der Waals surface area contributed by atoms with Crippen LogP contribution in [0.25, 0.3) is 11.2 Å². The largest absolute Gasteiger partial charge is 0.469 e. The number of phosphoric acid groups is 1. The third kappa shape index (κ3) is 4.36. The average Bonchev–Trinajstić information content (AvgIpc) is 3.16. The number of imidazole rings is 1. The van der Waals surface area contributed by atoms with E-state index in [1.54, 1.807) is 0 Å². The van der Waals surface area contributed by atoms with Gasteiger partial charge in [0, 0.05) is 6.42 Å². The van der Waals surface area contributed by atoms with Crippen molar-refractivity contribution in [1.29, 1.82) is 0 Å². The van der Waals surface area contributed by atoms with Crippen LogP contribution in [0.15, 0.2) is 12.7 Å². The number of aliphatic hydroxyl groups excluding tert-OH is 2. The van der Waals surface area contributed by atoms with Crippen molar-refractivity contribution < 1.29 is 38.6 Å². The van der Waals surface area contributed by atoms with E-state index in [0.29, 0.717) is 12.8 Å². The fourth-order valence-corrected chi connectivity index (χ4v) is 3.16. The van der Waals surface area contributed by atoms with E-state index in [1.165, 1.54) is 17.2 Å². The lowest BCUT2D eigenvalue weighted by molar-refractivity contribution is -0.116. The molecule has 0 aliphatic carbocycles. The second kappa shape index (κ2) is 8.17. The normalized spacial score (nSPS) is 25.3. The van der Waals surface area contributed by atoms with E-state index in [2.05, 4.69) is 24.8 Å². The predicted molar refractivity (Wildman–Crippen MR) is 92.8 cm³/mol. The summed E-state index contributed by atoms with van der Waals surface area (Å²) in [6, 6.07) is 0. The van der Waals surface area contributed by atoms with Crippen molar-refractivity contribution in [2.75, 3.05) is 11.9 Å². The van der Waals surface area contributed by atoms with E-state index in [-0.39, 0.29) is 22.9 Å². The summed E-state index contributed by atoms with van der Waals surface area (Å²) in [6.45, 7) is 1.24. The van der Waals surface area contributed by atoms with Crippen molar-refractivity contribution in [2.24, 2.45) is 0 Å². The minimum absolute atomic E-state index is 0.191. The molecule has 1 amide bonds. The first-order valence-electron chi connectivity index (χ1n) is 8.40. The number of fused-ring (bicyclic) bond motifs is 1. The average molecular weight is 417 g/mol. The zero-order chi connectivity index (χ0) is 20.5. The second-order valence-electron chi connectivity index (χ2n) is 6.18. The predicted octanol–water partition coefficient (Wildman–Crippen LogP) is -0.707. The maximum atomic E-state index is 11.8. The molecule has 5 N–H and O–H groups in total. The van der Waals surface area contributed by atoms with Crippen LogP contribution in [-0.4, -0.2) is 70.3 Å². The van der Waals surface area contributed by atoms with Gasteiger partial charge in [-0.1, -0.05) is 6.92 Å². The Morgan fingerprint density at radius 3 is 2.75 bits per heavy atom. The number of hydrogen-bond donors (Lipinski definition) is 5. The lowest BCUT2D eigenvalue weighted by Gasteiger charge is -2.16. The zero-order valence-corrected chi connectivity index (χ0v) is 15.6. The van der Waals surface area contributed by atoms with Crippen molar-refractivity contribution in [3.05, 3.63) is 12.7 Å². The highest BCUT2D eigenvalue weighted by Gasteiger charge is 2.45. The molecule has 2 aromatic rings. The monoisotopic (exact) mass is 417 g/mol. The molecule has 3 rings (SSSR count). The number of nitrogens with one attached hydrogen (secondary N) is 1. The number of ether oxygens (including phenoxy) is 1. The summed E-state index contributed by atoms with van der Waals surface area (Å²) in [5.41, 5.74) is 0.488. The molecule has 28 heavy (non-hydrogen) atoms. The van der Waals surface area contributed by atoms with Gasteiger partial charge >= 0.3 is 7.82 Å². The molecule has 1 fully saturated rings. The Morgan fingerprint density at radius 1 is 1.32 bits per heavy atom. The third-order valence-electron chi connectivity index (χ3n) is 4.11. The molecule has 3 heterocycles. The van der Waals surface area contributed by atoms with Crippen LogP contribution in [-0.2, 0) is 18.6 Å². The van der Waals surface area contributed by atoms with Gasteiger partial charge in [-0.15, -0.1) is 0 Å². The molecule has 13 nitrogen and oxygen atoms in total. The molecule has 0 radical (unpaired) electrons. The van der Waals surface area contributed by atoms with Crippen LogP contribution < -0.4 is 5.32 Å². The van der Waals surface area contributed by atoms with E-state index < -0.39 is 39.0 Å². The Kier molecular flexibility index (Phi) is 6.05. The molecular weight excluding hydrogens is 397 g/mol. The van der Waals surface area contributed by atoms with Crippen molar-refractivity contribution in [3.63, 3.8) is 0 Å². The molecule has 0 spiro atoms. The minimum Gasteiger partial charge on any atom is -0.387 e. The van der Waals surface area contributed by atoms with Crippen LogP contribution in [0.5, 0.6) is 0 Å². The van der Waals surface area contributed by atoms with Crippen LogP contribution in [0.3, 0.4) is 0 Å². The molecule has 14 heteroatoms. The van der Waals surface area contributed by atoms with Crippen LogP contribution in [0, 0.1) is 0 Å². The molecule has 2 aromatic heterocycles. The molecule has 0 saturated carbocycles. The fraction of sp³-hybridized carbons (Fsp3) is 0.571. The molecule has 0 aromatic carbocycles. The van der Waals surface area contributed by atoms with Gasteiger partial charge in [-0.05, 0) is 6.42 Å². The number of phosphoric ester groups is 1. The number of aromatic nitrogens is 4. The third-order valence-corrected chi connectivity index (χ3v) is 4.60. The summed E-state index contributed by atoms with van der Waals surface area (Å²) >= 11 is 0. The molecule has 154 valence electrons. The van der Waals surface area contributed by atoms with Crippen LogP contribution >= 0.6 is 7.82 Å². The van der Waals surface area contributed by atoms with Gasteiger partial charge in [0.2, 0.25) is 5.91 Å². The summed E-state index contributed by atoms with van der Waals surface area (Å²) in [5.74, 6) is -0.0455. The minimum atomic E-state index is -4.76. The van der Waals surface area contributed by atoms with Crippen LogP contribution in [0.4, 0.5) is 5.82 Å². The Balaban J connectivity index is 1.83. The summed E-state index contributed by atoms with van der Waals surface area (Å²) in [6.07, 6.45) is -1.75. The Bertz CT molecular complexity index is 901. The lowest BCUT2D eigenvalue weighted by Crippen LogP contribution is -2.33. The number of nitrogens with zero attached hydrogens (tertiary/aromatic N) is 4. The first kappa shape index (κ1) is 20.7. The number of carbonyl (C=O) groups is 1. The standard InChI is InChI=1S/C14H20N5O8P/c1-2-3-8(20)18-12-9-13(16-5-15-12)19(6-17-9)14-11(22)10(21)7(27-14)4-26-28(23,24)25/h5-7,10-11,14,21-22H,2-4H2,1H3,(H2,23,24,25)(H,15,16,18,20)/t7-,10-,11-,14-/m1/s1. The number of carbonyl (C=O) groups excluding carboxylic acids is 1. The van der Waals surface area contributed by atoms with Crippen molar-refractivity contribution >= 4 is 30.7 Å². The van der Waals surface area contributed by atoms with Gasteiger partial charge in [-0.25, -0.2) is 19.5 Å². The van der Waals surface area contributed by atoms with Crippen molar-refractivity contribution in [3.8, 4) is 0 Å². The van der Waals surface area contributed by atoms with Gasteiger partial charge in [0.1, 0.15) is 24.6 Å². The Morgan fingerprint density at radius 2 is 2.07 bits per heavy atom. The van der Waals surface area contributed by atoms with E-state index >= 15 is 0 Å². The number of aliphatic hydroxyl groups is 2. The first-order chi connectivity index (χ1) is 13.2. The van der Waals surface area contributed by atoms with Crippen LogP contribution in [0.1, 0.15) is 26.0 Å². The van der Waals surface area contributed by atoms with Crippen molar-refractivity contribution in [2.45, 2.75) is 44.3 Å². The topological polar surface area (TPSA) is 189 Å². The van der Waals surface area contributed by atoms with E-state index in [4.69, 9.17) is 14.5 Å². The smallest absolute Gasteiger partial charge is 0.387 e. The molecule has 1 aliphatic heterocycles. The SMILES string of the molecule is CCCC(=O)Nc1ncnc2c1ncn2[C@@H]1O[C@H](COP(=O)(O)O)[C@@H](O)[C@H]1O. The quantitative estimate of drug-likeness (QED) is 0.358. The van der Waals surface area contributed by atoms with Gasteiger partial charge in [-0.2, -0.15) is 0 Å². The number of amides is 1. The Hall–Kier alpha value is -1.99. The molecular formula is C14H20N5O8P. The number of anilines is 1. The molecule has 1 aliphatic rings. The maximum Gasteiger partial charge on any atom is 0.469 e. The van der Waals surface area contributed by atoms with Gasteiger partial charge in [0.05, 0.1) is 12.9 Å².